The summed E-state index contributed by atoms with van der Waals surface area (Å²) >= 11 is 0. The zero-order chi connectivity index (χ0) is 33.7. The number of hydrogen-bond donors (Lipinski definition) is 0. The molecule has 1 atom stereocenters. The van der Waals surface area contributed by atoms with Crippen LogP contribution in [0.3, 0.4) is 0 Å². The average molecular weight is 663 g/mol. The van der Waals surface area contributed by atoms with Gasteiger partial charge in [-0.05, 0) is 79.6 Å². The third-order valence-corrected chi connectivity index (χ3v) is 12.5. The summed E-state index contributed by atoms with van der Waals surface area (Å²) in [7, 11) is -10.3. The topological polar surface area (TPSA) is 43.4 Å². The van der Waals surface area contributed by atoms with Gasteiger partial charge in [-0.15, -0.1) is 0 Å². The molecule has 0 aliphatic heterocycles. The summed E-state index contributed by atoms with van der Waals surface area (Å²) in [6.07, 6.45) is -11.2. The van der Waals surface area contributed by atoms with E-state index in [1.807, 2.05) is 62.3 Å². The molecule has 0 aliphatic carbocycles. The Morgan fingerprint density at radius 2 is 0.773 bits per heavy atom. The second kappa shape index (κ2) is 11.7. The maximum Gasteiger partial charge on any atom is 0.426 e. The van der Waals surface area contributed by atoms with Crippen LogP contribution in [0.4, 0.5) is 26.3 Å². The van der Waals surface area contributed by atoms with Crippen LogP contribution in [0.1, 0.15) is 79.0 Å². The molecule has 0 saturated carbocycles. The van der Waals surface area contributed by atoms with Gasteiger partial charge in [-0.3, -0.25) is 0 Å². The molecule has 0 aliphatic rings. The first kappa shape index (κ1) is 36.0. The summed E-state index contributed by atoms with van der Waals surface area (Å²) in [5.41, 5.74) is 1.47. The molecular formula is C33H40F6O3S2. The van der Waals surface area contributed by atoms with Crippen LogP contribution in [-0.4, -0.2) is 26.0 Å². The van der Waals surface area contributed by atoms with E-state index in [0.29, 0.717) is 0 Å². The second-order valence-corrected chi connectivity index (χ2v) is 18.4. The summed E-state index contributed by atoms with van der Waals surface area (Å²) in [5.74, 6) is 0. The lowest BCUT2D eigenvalue weighted by atomic mass is 9.87. The first-order valence-electron chi connectivity index (χ1n) is 13.9. The van der Waals surface area contributed by atoms with Gasteiger partial charge in [0.2, 0.25) is 0 Å². The maximum absolute atomic E-state index is 15.0. The highest BCUT2D eigenvalue weighted by Crippen LogP contribution is 2.71. The molecule has 3 aromatic rings. The lowest BCUT2D eigenvalue weighted by Crippen LogP contribution is -2.48. The van der Waals surface area contributed by atoms with E-state index < -0.39 is 38.0 Å². The van der Waals surface area contributed by atoms with Crippen molar-refractivity contribution in [3.05, 3.63) is 89.5 Å². The van der Waals surface area contributed by atoms with Crippen molar-refractivity contribution in [3.63, 3.8) is 0 Å². The summed E-state index contributed by atoms with van der Waals surface area (Å²) in [6.45, 7) is 17.5. The molecule has 0 heterocycles. The number of halogens is 6. The van der Waals surface area contributed by atoms with Crippen molar-refractivity contribution in [1.29, 1.82) is 0 Å². The van der Waals surface area contributed by atoms with Gasteiger partial charge in [0, 0.05) is 14.7 Å². The van der Waals surface area contributed by atoms with E-state index in [0.717, 1.165) is 16.7 Å². The van der Waals surface area contributed by atoms with Crippen LogP contribution in [0.2, 0.25) is 0 Å². The summed E-state index contributed by atoms with van der Waals surface area (Å²) in [5, 5.41) is -5.94. The van der Waals surface area contributed by atoms with E-state index in [4.69, 9.17) is 3.63 Å². The Labute approximate surface area is 258 Å². The van der Waals surface area contributed by atoms with E-state index >= 15 is 8.78 Å². The normalized spacial score (nSPS) is 15.2. The van der Waals surface area contributed by atoms with Gasteiger partial charge in [0.05, 0.1) is 0 Å². The zero-order valence-electron chi connectivity index (χ0n) is 26.3. The van der Waals surface area contributed by atoms with E-state index in [2.05, 4.69) is 0 Å². The molecule has 0 bridgehead atoms. The van der Waals surface area contributed by atoms with Gasteiger partial charge in [-0.1, -0.05) is 98.7 Å². The monoisotopic (exact) mass is 662 g/mol. The zero-order valence-corrected chi connectivity index (χ0v) is 27.9. The van der Waals surface area contributed by atoms with Gasteiger partial charge < -0.3 is 0 Å². The van der Waals surface area contributed by atoms with Gasteiger partial charge in [-0.25, -0.2) is 8.02 Å². The quantitative estimate of drug-likeness (QED) is 0.237. The number of alkyl halides is 6. The van der Waals surface area contributed by atoms with Crippen molar-refractivity contribution in [2.24, 2.45) is 0 Å². The second-order valence-electron chi connectivity index (χ2n) is 13.9. The average Bonchev–Trinajstić information content (AvgIpc) is 2.89. The Morgan fingerprint density at radius 1 is 0.523 bits per heavy atom. The molecule has 0 fully saturated rings. The SMILES string of the molecule is CC(C)(C)c1ccc(S(OS(=O)(=O)C(F)(F)C(F)C(F)(F)F)(c2ccc(C(C)(C)C)cc2)c2ccc(C(C)(C)C)cc2)cc1. The Balaban J connectivity index is 2.46. The van der Waals surface area contributed by atoms with Gasteiger partial charge in [0.1, 0.15) is 0 Å². The molecule has 0 saturated heterocycles. The molecular weight excluding hydrogens is 622 g/mol. The van der Waals surface area contributed by atoms with Crippen LogP contribution in [0, 0.1) is 0 Å². The lowest BCUT2D eigenvalue weighted by molar-refractivity contribution is -0.222. The highest BCUT2D eigenvalue weighted by Gasteiger charge is 2.66. The highest BCUT2D eigenvalue weighted by molar-refractivity contribution is 8.33. The minimum absolute atomic E-state index is 0.124. The van der Waals surface area contributed by atoms with Crippen molar-refractivity contribution in [1.82, 2.24) is 0 Å². The summed E-state index contributed by atoms with van der Waals surface area (Å²) < 4.78 is 116. The van der Waals surface area contributed by atoms with Gasteiger partial charge in [0.25, 0.3) is 6.17 Å². The summed E-state index contributed by atoms with van der Waals surface area (Å²) in [6, 6.07) is 19.3. The Bertz CT molecular complexity index is 1400. The van der Waals surface area contributed by atoms with Crippen molar-refractivity contribution in [2.75, 3.05) is 0 Å². The minimum Gasteiger partial charge on any atom is -0.229 e. The molecule has 0 N–H and O–H groups in total. The molecule has 0 amide bonds. The minimum atomic E-state index is -6.55. The van der Waals surface area contributed by atoms with Crippen LogP contribution in [0.25, 0.3) is 0 Å². The van der Waals surface area contributed by atoms with Crippen LogP contribution in [0.15, 0.2) is 87.5 Å². The third-order valence-electron chi connectivity index (χ3n) is 7.26. The predicted octanol–water partition coefficient (Wildman–Crippen LogP) is 10.6. The molecule has 3 aromatic carbocycles. The molecule has 0 spiro atoms. The fraction of sp³-hybridized carbons (Fsp3) is 0.455. The lowest BCUT2D eigenvalue weighted by Gasteiger charge is -2.41. The predicted molar refractivity (Wildman–Crippen MR) is 164 cm³/mol. The van der Waals surface area contributed by atoms with E-state index in [1.165, 1.54) is 36.4 Å². The van der Waals surface area contributed by atoms with E-state index in [9.17, 15) is 26.0 Å². The van der Waals surface area contributed by atoms with Crippen LogP contribution in [-0.2, 0) is 30.0 Å². The van der Waals surface area contributed by atoms with Gasteiger partial charge >= 0.3 is 21.5 Å². The van der Waals surface area contributed by atoms with Crippen molar-refractivity contribution in [3.8, 4) is 0 Å². The molecule has 0 radical (unpaired) electrons. The number of rotatable bonds is 7. The molecule has 1 unspecified atom stereocenters. The Kier molecular flexibility index (Phi) is 9.56. The van der Waals surface area contributed by atoms with E-state index in [1.54, 1.807) is 36.4 Å². The largest absolute Gasteiger partial charge is 0.426 e. The maximum atomic E-state index is 15.0. The van der Waals surface area contributed by atoms with Crippen LogP contribution < -0.4 is 0 Å². The fourth-order valence-corrected chi connectivity index (χ4v) is 9.61. The van der Waals surface area contributed by atoms with Crippen molar-refractivity contribution < 1.29 is 38.4 Å². The first-order chi connectivity index (χ1) is 19.7. The highest BCUT2D eigenvalue weighted by atomic mass is 32.3. The number of benzene rings is 3. The van der Waals surface area contributed by atoms with Crippen molar-refractivity contribution >= 4 is 20.4 Å². The van der Waals surface area contributed by atoms with Crippen LogP contribution >= 0.6 is 10.3 Å². The molecule has 3 rings (SSSR count). The Morgan fingerprint density at radius 3 is 0.977 bits per heavy atom. The third kappa shape index (κ3) is 7.15. The van der Waals surface area contributed by atoms with E-state index in [-0.39, 0.29) is 30.9 Å². The molecule has 244 valence electrons. The number of hydrogen-bond acceptors (Lipinski definition) is 3. The first-order valence-corrected chi connectivity index (χ1v) is 16.9. The van der Waals surface area contributed by atoms with Gasteiger partial charge in [0.15, 0.2) is 0 Å². The van der Waals surface area contributed by atoms with Crippen molar-refractivity contribution in [2.45, 2.75) is 111 Å². The molecule has 0 aromatic heterocycles. The fourth-order valence-electron chi connectivity index (χ4n) is 4.46. The van der Waals surface area contributed by atoms with Gasteiger partial charge in [-0.2, -0.15) is 30.4 Å². The molecule has 11 heteroatoms. The smallest absolute Gasteiger partial charge is 0.229 e. The molecule has 44 heavy (non-hydrogen) atoms. The van der Waals surface area contributed by atoms with Crippen LogP contribution in [0.5, 0.6) is 0 Å². The summed E-state index contributed by atoms with van der Waals surface area (Å²) in [4.78, 5) is 0.373. The standard InChI is InChI=1S/C33H40F6O3S2/c1-29(2,3)22-10-16-25(17-11-22)43(26-18-12-23(13-19-26)30(4,5)6,27-20-14-24(15-21-27)31(7,8)9)42-44(40,41)33(38,39)28(34)32(35,36)37/h10-21,28H,1-9H3. The molecule has 3 nitrogen and oxygen atoms in total. The Hall–Kier alpha value is -2.50.